The van der Waals surface area contributed by atoms with Gasteiger partial charge in [0.05, 0.1) is 11.6 Å². The zero-order valence-corrected chi connectivity index (χ0v) is 14.0. The lowest BCUT2D eigenvalue weighted by Gasteiger charge is -2.23. The highest BCUT2D eigenvalue weighted by molar-refractivity contribution is 5.81. The number of benzene rings is 1. The number of nitrogens with zero attached hydrogens (tertiary/aromatic N) is 2. The van der Waals surface area contributed by atoms with Crippen molar-refractivity contribution in [3.05, 3.63) is 60.6 Å². The molecule has 0 saturated heterocycles. The Hall–Kier alpha value is -2.53. The molecule has 2 aromatic rings. The van der Waals surface area contributed by atoms with Crippen LogP contribution < -0.4 is 11.1 Å². The summed E-state index contributed by atoms with van der Waals surface area (Å²) in [4.78, 5) is 21.4. The number of hydrogen-bond donors (Lipinski definition) is 2. The molecule has 4 rings (SSSR count). The summed E-state index contributed by atoms with van der Waals surface area (Å²) in [5.41, 5.74) is 8.16. The van der Waals surface area contributed by atoms with Crippen LogP contribution in [0.2, 0.25) is 0 Å². The SMILES string of the molecule is N[C@@H]1[C@H](C(=O)NCCc2nccc(-c3ccccc3)n2)[C@@H]2C=C[C@H]1C2. The predicted molar refractivity (Wildman–Crippen MR) is 96.4 cm³/mol. The lowest BCUT2D eigenvalue weighted by atomic mass is 9.89. The van der Waals surface area contributed by atoms with Crippen LogP contribution in [-0.2, 0) is 11.2 Å². The van der Waals surface area contributed by atoms with Crippen molar-refractivity contribution in [3.8, 4) is 11.3 Å². The largest absolute Gasteiger partial charge is 0.355 e. The number of carbonyl (C=O) groups excluding carboxylic acids is 1. The minimum atomic E-state index is -0.0911. The summed E-state index contributed by atoms with van der Waals surface area (Å²) in [6.07, 6.45) is 7.69. The van der Waals surface area contributed by atoms with Gasteiger partial charge in [-0.15, -0.1) is 0 Å². The van der Waals surface area contributed by atoms with Crippen molar-refractivity contribution in [2.45, 2.75) is 18.9 Å². The van der Waals surface area contributed by atoms with E-state index in [0.717, 1.165) is 23.5 Å². The third kappa shape index (κ3) is 3.20. The summed E-state index contributed by atoms with van der Waals surface area (Å²) < 4.78 is 0. The number of allylic oxidation sites excluding steroid dienone is 1. The fourth-order valence-electron chi connectivity index (χ4n) is 3.93. The molecule has 25 heavy (non-hydrogen) atoms. The van der Waals surface area contributed by atoms with Crippen molar-refractivity contribution in [1.82, 2.24) is 15.3 Å². The molecule has 3 N–H and O–H groups in total. The van der Waals surface area contributed by atoms with E-state index in [4.69, 9.17) is 5.73 Å². The maximum atomic E-state index is 12.5. The number of carbonyl (C=O) groups is 1. The normalized spacial score (nSPS) is 26.8. The summed E-state index contributed by atoms with van der Waals surface area (Å²) in [6.45, 7) is 0.529. The topological polar surface area (TPSA) is 80.9 Å². The number of nitrogens with one attached hydrogen (secondary N) is 1. The molecule has 2 aliphatic carbocycles. The van der Waals surface area contributed by atoms with Crippen molar-refractivity contribution in [2.24, 2.45) is 23.5 Å². The van der Waals surface area contributed by atoms with Gasteiger partial charge in [0.25, 0.3) is 0 Å². The zero-order valence-electron chi connectivity index (χ0n) is 14.0. The summed E-state index contributed by atoms with van der Waals surface area (Å²) in [7, 11) is 0. The van der Waals surface area contributed by atoms with Crippen LogP contribution >= 0.6 is 0 Å². The molecular formula is C20H22N4O. The zero-order chi connectivity index (χ0) is 17.2. The summed E-state index contributed by atoms with van der Waals surface area (Å²) in [5.74, 6) is 1.37. The maximum absolute atomic E-state index is 12.5. The molecule has 1 fully saturated rings. The van der Waals surface area contributed by atoms with Crippen molar-refractivity contribution < 1.29 is 4.79 Å². The second kappa shape index (κ2) is 6.76. The van der Waals surface area contributed by atoms with E-state index in [1.807, 2.05) is 36.4 Å². The standard InChI is InChI=1S/C20H22N4O/c21-19-15-7-6-14(12-15)18(19)20(25)23-11-9-17-22-10-8-16(24-17)13-4-2-1-3-5-13/h1-8,10,14-15,18-19H,9,11-12,21H2,(H,23,25)/t14-,15+,18-,19+/m1/s1. The number of aromatic nitrogens is 2. The van der Waals surface area contributed by atoms with Crippen LogP contribution in [0.1, 0.15) is 12.2 Å². The number of nitrogens with two attached hydrogens (primary N) is 1. The lowest BCUT2D eigenvalue weighted by Crippen LogP contribution is -2.44. The molecule has 128 valence electrons. The van der Waals surface area contributed by atoms with Crippen LogP contribution in [-0.4, -0.2) is 28.5 Å². The van der Waals surface area contributed by atoms with Gasteiger partial charge in [-0.05, 0) is 24.3 Å². The molecule has 2 bridgehead atoms. The van der Waals surface area contributed by atoms with Gasteiger partial charge < -0.3 is 11.1 Å². The Morgan fingerprint density at radius 1 is 1.16 bits per heavy atom. The molecule has 0 unspecified atom stereocenters. The van der Waals surface area contributed by atoms with E-state index >= 15 is 0 Å². The van der Waals surface area contributed by atoms with Gasteiger partial charge in [0, 0.05) is 30.8 Å². The highest BCUT2D eigenvalue weighted by atomic mass is 16.1. The molecular weight excluding hydrogens is 312 g/mol. The van der Waals surface area contributed by atoms with Gasteiger partial charge in [0.15, 0.2) is 0 Å². The highest BCUT2D eigenvalue weighted by Gasteiger charge is 2.46. The fourth-order valence-corrected chi connectivity index (χ4v) is 3.93. The molecule has 5 heteroatoms. The highest BCUT2D eigenvalue weighted by Crippen LogP contribution is 2.42. The van der Waals surface area contributed by atoms with Crippen molar-refractivity contribution >= 4 is 5.91 Å². The second-order valence-corrected chi connectivity index (χ2v) is 6.82. The van der Waals surface area contributed by atoms with E-state index in [1.165, 1.54) is 0 Å². The Kier molecular flexibility index (Phi) is 4.32. The van der Waals surface area contributed by atoms with E-state index < -0.39 is 0 Å². The first-order valence-electron chi connectivity index (χ1n) is 8.81. The summed E-state index contributed by atoms with van der Waals surface area (Å²) in [6, 6.07) is 11.9. The smallest absolute Gasteiger partial charge is 0.225 e. The Balaban J connectivity index is 1.35. The first kappa shape index (κ1) is 16.0. The number of rotatable bonds is 5. The molecule has 4 atom stereocenters. The quantitative estimate of drug-likeness (QED) is 0.819. The molecule has 1 aromatic heterocycles. The van der Waals surface area contributed by atoms with Crippen LogP contribution in [0.25, 0.3) is 11.3 Å². The van der Waals surface area contributed by atoms with Gasteiger partial charge in [0.1, 0.15) is 5.82 Å². The molecule has 0 aliphatic heterocycles. The number of hydrogen-bond acceptors (Lipinski definition) is 4. The monoisotopic (exact) mass is 334 g/mol. The minimum absolute atomic E-state index is 0.0485. The van der Waals surface area contributed by atoms with Crippen LogP contribution in [0, 0.1) is 17.8 Å². The molecule has 5 nitrogen and oxygen atoms in total. The Labute approximate surface area is 147 Å². The third-order valence-electron chi connectivity index (χ3n) is 5.25. The van der Waals surface area contributed by atoms with Crippen LogP contribution in [0.4, 0.5) is 0 Å². The van der Waals surface area contributed by atoms with E-state index in [0.29, 0.717) is 24.8 Å². The molecule has 0 radical (unpaired) electrons. The van der Waals surface area contributed by atoms with E-state index in [-0.39, 0.29) is 17.9 Å². The summed E-state index contributed by atoms with van der Waals surface area (Å²) >= 11 is 0. The fraction of sp³-hybridized carbons (Fsp3) is 0.350. The lowest BCUT2D eigenvalue weighted by molar-refractivity contribution is -0.126. The molecule has 1 amide bonds. The number of amides is 1. The van der Waals surface area contributed by atoms with Crippen molar-refractivity contribution in [2.75, 3.05) is 6.54 Å². The van der Waals surface area contributed by atoms with Gasteiger partial charge >= 0.3 is 0 Å². The molecule has 1 heterocycles. The van der Waals surface area contributed by atoms with E-state index in [1.54, 1.807) is 6.20 Å². The first-order chi connectivity index (χ1) is 12.2. The van der Waals surface area contributed by atoms with Gasteiger partial charge in [-0.2, -0.15) is 0 Å². The number of fused-ring (bicyclic) bond motifs is 2. The first-order valence-corrected chi connectivity index (χ1v) is 8.81. The minimum Gasteiger partial charge on any atom is -0.355 e. The Morgan fingerprint density at radius 3 is 2.72 bits per heavy atom. The van der Waals surface area contributed by atoms with Crippen molar-refractivity contribution in [3.63, 3.8) is 0 Å². The average Bonchev–Trinajstić information content (AvgIpc) is 3.24. The van der Waals surface area contributed by atoms with Crippen LogP contribution in [0.15, 0.2) is 54.7 Å². The molecule has 0 spiro atoms. The van der Waals surface area contributed by atoms with Crippen LogP contribution in [0.5, 0.6) is 0 Å². The Morgan fingerprint density at radius 2 is 1.96 bits per heavy atom. The van der Waals surface area contributed by atoms with Crippen molar-refractivity contribution in [1.29, 1.82) is 0 Å². The van der Waals surface area contributed by atoms with Gasteiger partial charge in [-0.25, -0.2) is 9.97 Å². The van der Waals surface area contributed by atoms with Gasteiger partial charge in [-0.3, -0.25) is 4.79 Å². The second-order valence-electron chi connectivity index (χ2n) is 6.82. The Bertz CT molecular complexity index is 789. The molecule has 1 saturated carbocycles. The van der Waals surface area contributed by atoms with E-state index in [9.17, 15) is 4.79 Å². The predicted octanol–water partition coefficient (Wildman–Crippen LogP) is 1.95. The average molecular weight is 334 g/mol. The van der Waals surface area contributed by atoms with Crippen LogP contribution in [0.3, 0.4) is 0 Å². The van der Waals surface area contributed by atoms with E-state index in [2.05, 4.69) is 27.4 Å². The summed E-state index contributed by atoms with van der Waals surface area (Å²) in [5, 5.41) is 3.01. The molecule has 1 aromatic carbocycles. The van der Waals surface area contributed by atoms with Gasteiger partial charge in [-0.1, -0.05) is 42.5 Å². The molecule has 2 aliphatic rings. The maximum Gasteiger partial charge on any atom is 0.225 e. The third-order valence-corrected chi connectivity index (χ3v) is 5.25. The van der Waals surface area contributed by atoms with Gasteiger partial charge in [0.2, 0.25) is 5.91 Å².